The van der Waals surface area contributed by atoms with Gasteiger partial charge in [-0.1, -0.05) is 41.4 Å². The molecule has 0 aliphatic carbocycles. The Morgan fingerprint density at radius 2 is 1.76 bits per heavy atom. The Morgan fingerprint density at radius 1 is 1.08 bits per heavy atom. The van der Waals surface area contributed by atoms with Crippen molar-refractivity contribution in [2.45, 2.75) is 27.2 Å². The maximum Gasteiger partial charge on any atom is 0.226 e. The smallest absolute Gasteiger partial charge is 0.226 e. The summed E-state index contributed by atoms with van der Waals surface area (Å²) in [6.45, 7) is 5.53. The Balaban J connectivity index is 2.12. The van der Waals surface area contributed by atoms with Crippen LogP contribution in [0.3, 0.4) is 0 Å². The van der Waals surface area contributed by atoms with E-state index in [1.165, 1.54) is 11.8 Å². The van der Waals surface area contributed by atoms with Gasteiger partial charge in [-0.05, 0) is 43.2 Å². The molecule has 0 unspecified atom stereocenters. The lowest BCUT2D eigenvalue weighted by Gasteiger charge is -2.24. The summed E-state index contributed by atoms with van der Waals surface area (Å²) in [6.07, 6.45) is 0.133. The largest absolute Gasteiger partial charge is 0.325 e. The van der Waals surface area contributed by atoms with Gasteiger partial charge in [0.15, 0.2) is 0 Å². The summed E-state index contributed by atoms with van der Waals surface area (Å²) in [6, 6.07) is 10.8. The highest BCUT2D eigenvalue weighted by molar-refractivity contribution is 6.34. The first kappa shape index (κ1) is 19.3. The second-order valence-electron chi connectivity index (χ2n) is 5.86. The van der Waals surface area contributed by atoms with E-state index >= 15 is 0 Å². The summed E-state index contributed by atoms with van der Waals surface area (Å²) in [5.74, 6) is -0.389. The lowest BCUT2D eigenvalue weighted by molar-refractivity contribution is -0.117. The van der Waals surface area contributed by atoms with E-state index in [9.17, 15) is 9.59 Å². The van der Waals surface area contributed by atoms with Crippen molar-refractivity contribution in [2.75, 3.05) is 16.8 Å². The molecule has 0 aliphatic heterocycles. The molecule has 0 fully saturated rings. The highest BCUT2D eigenvalue weighted by atomic mass is 35.5. The number of amides is 2. The van der Waals surface area contributed by atoms with E-state index in [-0.39, 0.29) is 24.8 Å². The minimum Gasteiger partial charge on any atom is -0.325 e. The van der Waals surface area contributed by atoms with Crippen molar-refractivity contribution in [3.63, 3.8) is 0 Å². The SMILES string of the molecule is CC(=O)N(CCC(=O)Nc1ccccc1Cl)c1c(C)cc(C)cc1Cl. The van der Waals surface area contributed by atoms with E-state index in [0.717, 1.165) is 11.1 Å². The van der Waals surface area contributed by atoms with Crippen LogP contribution in [-0.2, 0) is 9.59 Å². The number of anilines is 2. The van der Waals surface area contributed by atoms with Crippen LogP contribution in [0.2, 0.25) is 10.0 Å². The zero-order chi connectivity index (χ0) is 18.6. The van der Waals surface area contributed by atoms with Crippen LogP contribution >= 0.6 is 23.2 Å². The lowest BCUT2D eigenvalue weighted by atomic mass is 10.1. The zero-order valence-electron chi connectivity index (χ0n) is 14.4. The molecule has 0 radical (unpaired) electrons. The van der Waals surface area contributed by atoms with E-state index in [0.29, 0.717) is 21.4 Å². The van der Waals surface area contributed by atoms with E-state index in [4.69, 9.17) is 23.2 Å². The van der Waals surface area contributed by atoms with Gasteiger partial charge < -0.3 is 10.2 Å². The van der Waals surface area contributed by atoms with Crippen LogP contribution in [-0.4, -0.2) is 18.4 Å². The molecular formula is C19H20Cl2N2O2. The molecule has 2 rings (SSSR count). The molecular weight excluding hydrogens is 359 g/mol. The third-order valence-electron chi connectivity index (χ3n) is 3.76. The topological polar surface area (TPSA) is 49.4 Å². The standard InChI is InChI=1S/C19H20Cl2N2O2/c1-12-10-13(2)19(16(21)11-12)23(14(3)24)9-8-18(25)22-17-7-5-4-6-15(17)20/h4-7,10-11H,8-9H2,1-3H3,(H,22,25). The summed E-state index contributed by atoms with van der Waals surface area (Å²) < 4.78 is 0. The molecule has 25 heavy (non-hydrogen) atoms. The molecule has 132 valence electrons. The number of benzene rings is 2. The third-order valence-corrected chi connectivity index (χ3v) is 4.38. The second kappa shape index (κ2) is 8.37. The van der Waals surface area contributed by atoms with Crippen molar-refractivity contribution in [3.05, 3.63) is 57.6 Å². The van der Waals surface area contributed by atoms with E-state index in [2.05, 4.69) is 5.32 Å². The van der Waals surface area contributed by atoms with Crippen molar-refractivity contribution in [3.8, 4) is 0 Å². The molecule has 2 aromatic carbocycles. The van der Waals surface area contributed by atoms with Gasteiger partial charge in [-0.25, -0.2) is 0 Å². The van der Waals surface area contributed by atoms with Gasteiger partial charge in [0, 0.05) is 19.9 Å². The highest BCUT2D eigenvalue weighted by Gasteiger charge is 2.19. The quantitative estimate of drug-likeness (QED) is 0.796. The van der Waals surface area contributed by atoms with Crippen LogP contribution in [0.25, 0.3) is 0 Å². The van der Waals surface area contributed by atoms with Crippen LogP contribution in [0.1, 0.15) is 24.5 Å². The highest BCUT2D eigenvalue weighted by Crippen LogP contribution is 2.31. The molecule has 0 aromatic heterocycles. The Kier molecular flexibility index (Phi) is 6.45. The van der Waals surface area contributed by atoms with Crippen LogP contribution in [0.5, 0.6) is 0 Å². The minimum atomic E-state index is -0.222. The van der Waals surface area contributed by atoms with Crippen LogP contribution in [0.4, 0.5) is 11.4 Å². The van der Waals surface area contributed by atoms with Gasteiger partial charge >= 0.3 is 0 Å². The number of hydrogen-bond donors (Lipinski definition) is 1. The number of nitrogens with one attached hydrogen (secondary N) is 1. The number of carbonyl (C=O) groups excluding carboxylic acids is 2. The maximum absolute atomic E-state index is 12.2. The van der Waals surface area contributed by atoms with Gasteiger partial charge in [0.25, 0.3) is 0 Å². The second-order valence-corrected chi connectivity index (χ2v) is 6.68. The Bertz CT molecular complexity index is 783. The van der Waals surface area contributed by atoms with Crippen molar-refractivity contribution in [2.24, 2.45) is 0 Å². The van der Waals surface area contributed by atoms with Gasteiger partial charge in [-0.3, -0.25) is 9.59 Å². The van der Waals surface area contributed by atoms with Gasteiger partial charge in [-0.15, -0.1) is 0 Å². The number of rotatable bonds is 5. The van der Waals surface area contributed by atoms with E-state index in [1.54, 1.807) is 24.3 Å². The van der Waals surface area contributed by atoms with E-state index in [1.807, 2.05) is 26.0 Å². The first-order valence-electron chi connectivity index (χ1n) is 7.89. The van der Waals surface area contributed by atoms with Crippen LogP contribution in [0.15, 0.2) is 36.4 Å². The molecule has 0 atom stereocenters. The minimum absolute atomic E-state index is 0.133. The van der Waals surface area contributed by atoms with Gasteiger partial charge in [0.2, 0.25) is 11.8 Å². The molecule has 2 aromatic rings. The fourth-order valence-corrected chi connectivity index (χ4v) is 3.27. The monoisotopic (exact) mass is 378 g/mol. The fourth-order valence-electron chi connectivity index (χ4n) is 2.67. The van der Waals surface area contributed by atoms with Crippen molar-refractivity contribution < 1.29 is 9.59 Å². The number of nitrogens with zero attached hydrogens (tertiary/aromatic N) is 1. The molecule has 0 heterocycles. The maximum atomic E-state index is 12.2. The first-order chi connectivity index (χ1) is 11.8. The molecule has 0 aliphatic rings. The van der Waals surface area contributed by atoms with Crippen molar-refractivity contribution in [1.29, 1.82) is 0 Å². The van der Waals surface area contributed by atoms with Gasteiger partial charge in [0.1, 0.15) is 0 Å². The van der Waals surface area contributed by atoms with Gasteiger partial charge in [-0.2, -0.15) is 0 Å². The van der Waals surface area contributed by atoms with Crippen molar-refractivity contribution in [1.82, 2.24) is 0 Å². The average Bonchev–Trinajstić information content (AvgIpc) is 2.51. The summed E-state index contributed by atoms with van der Waals surface area (Å²) in [7, 11) is 0. The molecule has 0 bridgehead atoms. The molecule has 2 amide bonds. The number of halogens is 2. The fraction of sp³-hybridized carbons (Fsp3) is 0.263. The number of aryl methyl sites for hydroxylation is 2. The lowest BCUT2D eigenvalue weighted by Crippen LogP contribution is -2.32. The third kappa shape index (κ3) is 4.97. The Labute approximate surface area is 157 Å². The molecule has 0 spiro atoms. The summed E-state index contributed by atoms with van der Waals surface area (Å²) in [5, 5.41) is 3.72. The van der Waals surface area contributed by atoms with Gasteiger partial charge in [0.05, 0.1) is 21.4 Å². The predicted molar refractivity (Wildman–Crippen MR) is 104 cm³/mol. The average molecular weight is 379 g/mol. The summed E-state index contributed by atoms with van der Waals surface area (Å²) in [5.41, 5.74) is 3.11. The molecule has 0 saturated carbocycles. The Hall–Kier alpha value is -2.04. The van der Waals surface area contributed by atoms with Crippen LogP contribution in [0, 0.1) is 13.8 Å². The molecule has 1 N–H and O–H groups in total. The Morgan fingerprint density at radius 3 is 2.36 bits per heavy atom. The number of carbonyl (C=O) groups is 2. The molecule has 4 nitrogen and oxygen atoms in total. The predicted octanol–water partition coefficient (Wildman–Crippen LogP) is 4.99. The zero-order valence-corrected chi connectivity index (χ0v) is 15.9. The molecule has 6 heteroatoms. The van der Waals surface area contributed by atoms with E-state index < -0.39 is 0 Å². The van der Waals surface area contributed by atoms with Crippen molar-refractivity contribution >= 4 is 46.4 Å². The van der Waals surface area contributed by atoms with Crippen LogP contribution < -0.4 is 10.2 Å². The summed E-state index contributed by atoms with van der Waals surface area (Å²) >= 11 is 12.4. The number of hydrogen-bond acceptors (Lipinski definition) is 2. The normalized spacial score (nSPS) is 10.4. The molecule has 0 saturated heterocycles. The summed E-state index contributed by atoms with van der Waals surface area (Å²) in [4.78, 5) is 25.8. The first-order valence-corrected chi connectivity index (χ1v) is 8.64. The number of para-hydroxylation sites is 1.